The lowest BCUT2D eigenvalue weighted by atomic mass is 10.4. The third-order valence-corrected chi connectivity index (χ3v) is 0.843. The van der Waals surface area contributed by atoms with Crippen molar-refractivity contribution >= 4 is 12.0 Å². The summed E-state index contributed by atoms with van der Waals surface area (Å²) in [5.41, 5.74) is 5.15. The molecule has 5 heteroatoms. The minimum Gasteiger partial charge on any atom is -0.453 e. The number of nitrogens with two attached hydrogens (primary N) is 1. The summed E-state index contributed by atoms with van der Waals surface area (Å²) in [5, 5.41) is 2.26. The molecule has 0 aromatic heterocycles. The normalized spacial score (nSPS) is 10.5. The number of rotatable bonds is 2. The van der Waals surface area contributed by atoms with Crippen molar-refractivity contribution in [3.05, 3.63) is 11.8 Å². The molecule has 0 atom stereocenters. The second kappa shape index (κ2) is 4.32. The van der Waals surface area contributed by atoms with Gasteiger partial charge in [0.25, 0.3) is 0 Å². The minimum atomic E-state index is -0.625. The van der Waals surface area contributed by atoms with Crippen LogP contribution in [0.5, 0.6) is 0 Å². The number of carbonyl (C=O) groups excluding carboxylic acids is 2. The zero-order chi connectivity index (χ0) is 8.85. The van der Waals surface area contributed by atoms with Crippen molar-refractivity contribution in [2.45, 2.75) is 6.92 Å². The summed E-state index contributed by atoms with van der Waals surface area (Å²) in [6, 6.07) is 0. The van der Waals surface area contributed by atoms with Crippen LogP contribution in [-0.4, -0.2) is 19.1 Å². The Balaban J connectivity index is 3.96. The monoisotopic (exact) mass is 158 g/mol. The van der Waals surface area contributed by atoms with Gasteiger partial charge >= 0.3 is 6.09 Å². The second-order valence-electron chi connectivity index (χ2n) is 1.85. The molecular weight excluding hydrogens is 148 g/mol. The molecule has 0 heterocycles. The van der Waals surface area contributed by atoms with Crippen LogP contribution in [0.2, 0.25) is 0 Å². The van der Waals surface area contributed by atoms with Gasteiger partial charge in [0.1, 0.15) is 0 Å². The lowest BCUT2D eigenvalue weighted by Crippen LogP contribution is -2.22. The summed E-state index contributed by atoms with van der Waals surface area (Å²) in [6.45, 7) is 1.53. The summed E-state index contributed by atoms with van der Waals surface area (Å²) in [7, 11) is 1.23. The van der Waals surface area contributed by atoms with Crippen LogP contribution in [0.25, 0.3) is 0 Å². The van der Waals surface area contributed by atoms with Crippen molar-refractivity contribution in [3.8, 4) is 0 Å². The molecule has 0 spiro atoms. The van der Waals surface area contributed by atoms with Crippen molar-refractivity contribution in [2.75, 3.05) is 7.11 Å². The first-order valence-corrected chi connectivity index (χ1v) is 2.89. The zero-order valence-electron chi connectivity index (χ0n) is 6.38. The number of amides is 2. The van der Waals surface area contributed by atoms with Crippen molar-refractivity contribution in [3.63, 3.8) is 0 Å². The summed E-state index contributed by atoms with van der Waals surface area (Å²) >= 11 is 0. The molecule has 5 nitrogen and oxygen atoms in total. The highest BCUT2D eigenvalue weighted by molar-refractivity contribution is 5.87. The molecule has 0 aromatic rings. The highest BCUT2D eigenvalue weighted by Crippen LogP contribution is 1.85. The Morgan fingerprint density at radius 1 is 1.55 bits per heavy atom. The van der Waals surface area contributed by atoms with E-state index in [0.717, 1.165) is 6.08 Å². The zero-order valence-corrected chi connectivity index (χ0v) is 6.38. The highest BCUT2D eigenvalue weighted by atomic mass is 16.5. The van der Waals surface area contributed by atoms with Gasteiger partial charge in [0.15, 0.2) is 0 Å². The second-order valence-corrected chi connectivity index (χ2v) is 1.85. The number of primary amides is 1. The number of allylic oxidation sites excluding steroid dienone is 1. The summed E-state index contributed by atoms with van der Waals surface area (Å²) in [4.78, 5) is 20.7. The number of hydrogen-bond donors (Lipinski definition) is 2. The van der Waals surface area contributed by atoms with Gasteiger partial charge in [-0.25, -0.2) is 4.79 Å². The molecule has 0 unspecified atom stereocenters. The van der Waals surface area contributed by atoms with Gasteiger partial charge in [-0.2, -0.15) is 0 Å². The smallest absolute Gasteiger partial charge is 0.411 e. The molecule has 0 bridgehead atoms. The molecule has 0 fully saturated rings. The van der Waals surface area contributed by atoms with Gasteiger partial charge in [-0.3, -0.25) is 10.1 Å². The molecule has 2 amide bonds. The average Bonchev–Trinajstić information content (AvgIpc) is 1.85. The average molecular weight is 158 g/mol. The van der Waals surface area contributed by atoms with Crippen molar-refractivity contribution in [1.82, 2.24) is 5.32 Å². The molecule has 62 valence electrons. The summed E-state index contributed by atoms with van der Waals surface area (Å²) < 4.78 is 4.26. The van der Waals surface area contributed by atoms with Gasteiger partial charge in [0.05, 0.1) is 7.11 Å². The van der Waals surface area contributed by atoms with Crippen molar-refractivity contribution in [2.24, 2.45) is 5.73 Å². The van der Waals surface area contributed by atoms with Gasteiger partial charge in [-0.05, 0) is 6.92 Å². The maximum atomic E-state index is 10.5. The fraction of sp³-hybridized carbons (Fsp3) is 0.333. The molecule has 0 radical (unpaired) electrons. The molecular formula is C6H10N2O3. The van der Waals surface area contributed by atoms with Gasteiger partial charge < -0.3 is 10.5 Å². The van der Waals surface area contributed by atoms with Crippen LogP contribution in [0.15, 0.2) is 11.8 Å². The van der Waals surface area contributed by atoms with E-state index in [2.05, 4.69) is 10.1 Å². The first-order chi connectivity index (χ1) is 5.06. The SMILES string of the molecule is COC(=O)N/C(C)=C\C(N)=O. The standard InChI is InChI=1S/C6H10N2O3/c1-4(3-5(7)9)8-6(10)11-2/h3H,1-2H3,(H2,7,9)(H,8,10)/b4-3-. The largest absolute Gasteiger partial charge is 0.453 e. The first-order valence-electron chi connectivity index (χ1n) is 2.89. The maximum Gasteiger partial charge on any atom is 0.411 e. The van der Waals surface area contributed by atoms with E-state index in [9.17, 15) is 9.59 Å². The molecule has 3 N–H and O–H groups in total. The van der Waals surface area contributed by atoms with Crippen molar-refractivity contribution < 1.29 is 14.3 Å². The Kier molecular flexibility index (Phi) is 3.72. The Morgan fingerprint density at radius 2 is 2.09 bits per heavy atom. The molecule has 0 aromatic carbocycles. The van der Waals surface area contributed by atoms with Crippen LogP contribution in [0.3, 0.4) is 0 Å². The van der Waals surface area contributed by atoms with Gasteiger partial charge in [0.2, 0.25) is 5.91 Å². The Hall–Kier alpha value is -1.52. The lowest BCUT2D eigenvalue weighted by molar-refractivity contribution is -0.113. The molecule has 0 saturated heterocycles. The number of carbonyl (C=O) groups is 2. The predicted octanol–water partition coefficient (Wildman–Crippen LogP) is -0.269. The number of hydrogen-bond acceptors (Lipinski definition) is 3. The molecule has 0 rings (SSSR count). The van der Waals surface area contributed by atoms with Crippen LogP contribution in [0.4, 0.5) is 4.79 Å². The van der Waals surface area contributed by atoms with Crippen LogP contribution in [-0.2, 0) is 9.53 Å². The Bertz CT molecular complexity index is 198. The van der Waals surface area contributed by atoms with Crippen LogP contribution in [0, 0.1) is 0 Å². The molecule has 11 heavy (non-hydrogen) atoms. The van der Waals surface area contributed by atoms with Crippen molar-refractivity contribution in [1.29, 1.82) is 0 Å². The fourth-order valence-corrected chi connectivity index (χ4v) is 0.461. The van der Waals surface area contributed by atoms with Crippen LogP contribution < -0.4 is 11.1 Å². The van der Waals surface area contributed by atoms with Gasteiger partial charge in [-0.1, -0.05) is 0 Å². The van der Waals surface area contributed by atoms with E-state index in [4.69, 9.17) is 5.73 Å². The van der Waals surface area contributed by atoms with E-state index in [-0.39, 0.29) is 0 Å². The third-order valence-electron chi connectivity index (χ3n) is 0.843. The van der Waals surface area contributed by atoms with Gasteiger partial charge in [-0.15, -0.1) is 0 Å². The summed E-state index contributed by atoms with van der Waals surface area (Å²) in [5.74, 6) is -0.612. The molecule has 0 aliphatic carbocycles. The van der Waals surface area contributed by atoms with E-state index in [1.165, 1.54) is 14.0 Å². The minimum absolute atomic E-state index is 0.351. The van der Waals surface area contributed by atoms with Crippen LogP contribution in [0.1, 0.15) is 6.92 Å². The van der Waals surface area contributed by atoms with Crippen LogP contribution >= 0.6 is 0 Å². The third kappa shape index (κ3) is 4.95. The highest BCUT2D eigenvalue weighted by Gasteiger charge is 1.98. The number of alkyl carbamates (subject to hydrolysis) is 1. The number of ether oxygens (including phenoxy) is 1. The van der Waals surface area contributed by atoms with E-state index < -0.39 is 12.0 Å². The van der Waals surface area contributed by atoms with E-state index in [1.54, 1.807) is 0 Å². The summed E-state index contributed by atoms with van der Waals surface area (Å²) in [6.07, 6.45) is 0.469. The molecule has 0 saturated carbocycles. The van der Waals surface area contributed by atoms with Gasteiger partial charge in [0, 0.05) is 11.8 Å². The molecule has 0 aliphatic heterocycles. The lowest BCUT2D eigenvalue weighted by Gasteiger charge is -2.00. The number of methoxy groups -OCH3 is 1. The van der Waals surface area contributed by atoms with E-state index >= 15 is 0 Å². The van der Waals surface area contributed by atoms with E-state index in [0.29, 0.717) is 5.70 Å². The maximum absolute atomic E-state index is 10.5. The quantitative estimate of drug-likeness (QED) is 0.543. The number of nitrogens with one attached hydrogen (secondary N) is 1. The topological polar surface area (TPSA) is 81.4 Å². The fourth-order valence-electron chi connectivity index (χ4n) is 0.461. The predicted molar refractivity (Wildman–Crippen MR) is 38.5 cm³/mol. The van der Waals surface area contributed by atoms with E-state index in [1.807, 2.05) is 0 Å². The Labute approximate surface area is 64.2 Å². The Morgan fingerprint density at radius 3 is 2.45 bits per heavy atom. The molecule has 0 aliphatic rings. The first kappa shape index (κ1) is 9.48.